The maximum atomic E-state index is 12.2. The van der Waals surface area contributed by atoms with E-state index in [1.165, 1.54) is 10.9 Å². The van der Waals surface area contributed by atoms with Crippen LogP contribution in [0.4, 0.5) is 0 Å². The van der Waals surface area contributed by atoms with Gasteiger partial charge in [0, 0.05) is 68.4 Å². The number of amides is 1. The first kappa shape index (κ1) is 15.9. The molecule has 0 bridgehead atoms. The van der Waals surface area contributed by atoms with Gasteiger partial charge in [0.15, 0.2) is 0 Å². The van der Waals surface area contributed by atoms with Gasteiger partial charge in [0.1, 0.15) is 0 Å². The zero-order valence-corrected chi connectivity index (χ0v) is 14.6. The van der Waals surface area contributed by atoms with Crippen LogP contribution >= 0.6 is 0 Å². The number of nitrogens with zero attached hydrogens (tertiary/aromatic N) is 3. The number of likely N-dealkylation sites (tertiary alicyclic amines) is 1. The number of aromatic nitrogens is 3. The second-order valence-electron chi connectivity index (χ2n) is 6.85. The summed E-state index contributed by atoms with van der Waals surface area (Å²) in [4.78, 5) is 17.3. The van der Waals surface area contributed by atoms with Gasteiger partial charge in [-0.15, -0.1) is 0 Å². The number of carbonyl (C=O) groups is 1. The fraction of sp³-hybridized carbons (Fsp3) is 0.368. The van der Waals surface area contributed by atoms with E-state index >= 15 is 0 Å². The fourth-order valence-electron chi connectivity index (χ4n) is 3.92. The Morgan fingerprint density at radius 3 is 3.00 bits per heavy atom. The van der Waals surface area contributed by atoms with Gasteiger partial charge < -0.3 is 15.2 Å². The molecule has 3 heterocycles. The van der Waals surface area contributed by atoms with Gasteiger partial charge in [0.2, 0.25) is 5.91 Å². The van der Waals surface area contributed by atoms with Gasteiger partial charge in [-0.25, -0.2) is 0 Å². The smallest absolute Gasteiger partial charge is 0.223 e. The maximum Gasteiger partial charge on any atom is 0.223 e. The topological polar surface area (TPSA) is 66.0 Å². The Kier molecular flexibility index (Phi) is 4.05. The summed E-state index contributed by atoms with van der Waals surface area (Å²) in [5, 5.41) is 9.07. The number of aryl methyl sites for hydroxylation is 1. The molecular weight excluding hydrogens is 314 g/mol. The van der Waals surface area contributed by atoms with Crippen molar-refractivity contribution in [1.29, 1.82) is 0 Å². The molecule has 1 saturated heterocycles. The lowest BCUT2D eigenvalue weighted by atomic mass is 9.95. The zero-order valence-electron chi connectivity index (χ0n) is 14.6. The Morgan fingerprint density at radius 1 is 1.32 bits per heavy atom. The van der Waals surface area contributed by atoms with Gasteiger partial charge in [-0.05, 0) is 17.7 Å². The van der Waals surface area contributed by atoms with Crippen LogP contribution in [0.5, 0.6) is 0 Å². The molecule has 4 rings (SSSR count). The molecule has 6 heteroatoms. The standard InChI is InChI=1S/C19H23N5O/c1-23-12-15(11-22-23)19-14(8-18(25)24(19)2)10-20-9-13-4-3-5-17-16(13)6-7-21-17/h3-7,11-12,14,19-21H,8-10H2,1-2H3/t14-,19+/m0/s1. The Hall–Kier alpha value is -2.60. The Balaban J connectivity index is 1.46. The number of fused-ring (bicyclic) bond motifs is 1. The van der Waals surface area contributed by atoms with Crippen LogP contribution in [-0.4, -0.2) is 39.2 Å². The summed E-state index contributed by atoms with van der Waals surface area (Å²) in [6.45, 7) is 1.60. The van der Waals surface area contributed by atoms with Crippen molar-refractivity contribution >= 4 is 16.8 Å². The lowest BCUT2D eigenvalue weighted by molar-refractivity contribution is -0.127. The first-order valence-corrected chi connectivity index (χ1v) is 8.63. The number of hydrogen-bond donors (Lipinski definition) is 2. The third-order valence-corrected chi connectivity index (χ3v) is 5.17. The van der Waals surface area contributed by atoms with Crippen molar-refractivity contribution in [2.75, 3.05) is 13.6 Å². The number of aromatic amines is 1. The molecule has 1 aliphatic heterocycles. The largest absolute Gasteiger partial charge is 0.361 e. The van der Waals surface area contributed by atoms with Crippen LogP contribution in [0.2, 0.25) is 0 Å². The molecule has 1 amide bonds. The highest BCUT2D eigenvalue weighted by Gasteiger charge is 2.38. The summed E-state index contributed by atoms with van der Waals surface area (Å²) in [6, 6.07) is 8.51. The Labute approximate surface area is 146 Å². The first-order valence-electron chi connectivity index (χ1n) is 8.63. The normalized spacial score (nSPS) is 20.7. The van der Waals surface area contributed by atoms with Gasteiger partial charge in [0.05, 0.1) is 12.2 Å². The van der Waals surface area contributed by atoms with Crippen LogP contribution in [0.15, 0.2) is 42.9 Å². The average Bonchev–Trinajstić information content (AvgIpc) is 3.29. The fourth-order valence-corrected chi connectivity index (χ4v) is 3.92. The van der Waals surface area contributed by atoms with E-state index in [9.17, 15) is 4.79 Å². The first-order chi connectivity index (χ1) is 12.1. The SMILES string of the molecule is CN1C(=O)C[C@@H](CNCc2cccc3[nH]ccc23)[C@@H]1c1cnn(C)c1. The van der Waals surface area contributed by atoms with E-state index in [1.54, 1.807) is 4.68 Å². The van der Waals surface area contributed by atoms with Crippen LogP contribution in [0.25, 0.3) is 10.9 Å². The summed E-state index contributed by atoms with van der Waals surface area (Å²) in [5.41, 5.74) is 3.54. The summed E-state index contributed by atoms with van der Waals surface area (Å²) in [5.74, 6) is 0.459. The number of rotatable bonds is 5. The molecule has 1 aliphatic rings. The number of nitrogens with one attached hydrogen (secondary N) is 2. The molecule has 2 N–H and O–H groups in total. The average molecular weight is 337 g/mol. The minimum atomic E-state index is 0.0942. The molecular formula is C19H23N5O. The van der Waals surface area contributed by atoms with Crippen molar-refractivity contribution in [3.63, 3.8) is 0 Å². The predicted octanol–water partition coefficient (Wildman–Crippen LogP) is 2.21. The van der Waals surface area contributed by atoms with Gasteiger partial charge in [0.25, 0.3) is 0 Å². The number of benzene rings is 1. The summed E-state index contributed by atoms with van der Waals surface area (Å²) < 4.78 is 1.79. The molecule has 0 aliphatic carbocycles. The van der Waals surface area contributed by atoms with Gasteiger partial charge in [-0.1, -0.05) is 12.1 Å². The molecule has 3 aromatic rings. The monoisotopic (exact) mass is 337 g/mol. The van der Waals surface area contributed by atoms with Crippen LogP contribution in [-0.2, 0) is 18.4 Å². The molecule has 0 spiro atoms. The van der Waals surface area contributed by atoms with E-state index in [1.807, 2.05) is 37.6 Å². The van der Waals surface area contributed by atoms with E-state index < -0.39 is 0 Å². The quantitative estimate of drug-likeness (QED) is 0.750. The Bertz CT molecular complexity index is 896. The molecule has 0 unspecified atom stereocenters. The third kappa shape index (κ3) is 2.93. The van der Waals surface area contributed by atoms with Crippen molar-refractivity contribution in [2.24, 2.45) is 13.0 Å². The number of H-pyrrole nitrogens is 1. The van der Waals surface area contributed by atoms with E-state index in [4.69, 9.17) is 0 Å². The van der Waals surface area contributed by atoms with Gasteiger partial charge >= 0.3 is 0 Å². The summed E-state index contributed by atoms with van der Waals surface area (Å²) >= 11 is 0. The predicted molar refractivity (Wildman–Crippen MR) is 96.8 cm³/mol. The van der Waals surface area contributed by atoms with Crippen molar-refractivity contribution in [3.05, 3.63) is 54.0 Å². The minimum absolute atomic E-state index is 0.0942. The van der Waals surface area contributed by atoms with Crippen molar-refractivity contribution in [1.82, 2.24) is 25.0 Å². The summed E-state index contributed by atoms with van der Waals surface area (Å²) in [7, 11) is 3.80. The Morgan fingerprint density at radius 2 is 2.20 bits per heavy atom. The number of carbonyl (C=O) groups excluding carboxylic acids is 1. The molecule has 1 aromatic carbocycles. The lowest BCUT2D eigenvalue weighted by Crippen LogP contribution is -2.28. The van der Waals surface area contributed by atoms with Gasteiger partial charge in [-0.3, -0.25) is 9.48 Å². The molecule has 25 heavy (non-hydrogen) atoms. The van der Waals surface area contributed by atoms with Gasteiger partial charge in [-0.2, -0.15) is 5.10 Å². The summed E-state index contributed by atoms with van der Waals surface area (Å²) in [6.07, 6.45) is 6.43. The van der Waals surface area contributed by atoms with Crippen molar-refractivity contribution < 1.29 is 4.79 Å². The van der Waals surface area contributed by atoms with E-state index in [0.717, 1.165) is 24.2 Å². The molecule has 1 fully saturated rings. The second kappa shape index (κ2) is 6.37. The van der Waals surface area contributed by atoms with E-state index in [-0.39, 0.29) is 17.9 Å². The minimum Gasteiger partial charge on any atom is -0.361 e. The third-order valence-electron chi connectivity index (χ3n) is 5.17. The molecule has 6 nitrogen and oxygen atoms in total. The molecule has 0 saturated carbocycles. The van der Waals surface area contributed by atoms with Crippen LogP contribution in [0, 0.1) is 5.92 Å². The molecule has 2 aromatic heterocycles. The lowest BCUT2D eigenvalue weighted by Gasteiger charge is -2.24. The second-order valence-corrected chi connectivity index (χ2v) is 6.85. The van der Waals surface area contributed by atoms with Crippen LogP contribution in [0.3, 0.4) is 0 Å². The van der Waals surface area contributed by atoms with E-state index in [2.05, 4.69) is 39.7 Å². The maximum absolute atomic E-state index is 12.2. The van der Waals surface area contributed by atoms with Crippen molar-refractivity contribution in [3.8, 4) is 0 Å². The highest BCUT2D eigenvalue weighted by atomic mass is 16.2. The molecule has 130 valence electrons. The van der Waals surface area contributed by atoms with Crippen LogP contribution in [0.1, 0.15) is 23.6 Å². The highest BCUT2D eigenvalue weighted by Crippen LogP contribution is 2.36. The van der Waals surface area contributed by atoms with Crippen LogP contribution < -0.4 is 5.32 Å². The zero-order chi connectivity index (χ0) is 17.4. The number of hydrogen-bond acceptors (Lipinski definition) is 3. The van der Waals surface area contributed by atoms with Crippen molar-refractivity contribution in [2.45, 2.75) is 19.0 Å². The highest BCUT2D eigenvalue weighted by molar-refractivity contribution is 5.82. The molecule has 0 radical (unpaired) electrons. The van der Waals surface area contributed by atoms with E-state index in [0.29, 0.717) is 6.42 Å². The molecule has 2 atom stereocenters.